The lowest BCUT2D eigenvalue weighted by molar-refractivity contribution is 0.709. The van der Waals surface area contributed by atoms with Crippen LogP contribution in [0.3, 0.4) is 0 Å². The Morgan fingerprint density at radius 1 is 0.850 bits per heavy atom. The zero-order chi connectivity index (χ0) is 31.0. The third kappa shape index (κ3) is 2.35. The van der Waals surface area contributed by atoms with E-state index in [2.05, 4.69) is 0 Å². The smallest absolute Gasteiger partial charge is 0.0645 e. The quantitative estimate of drug-likeness (QED) is 0.734. The molecule has 0 nitrogen and oxygen atoms in total. The molecule has 0 saturated carbocycles. The predicted molar refractivity (Wildman–Crippen MR) is 92.7 cm³/mol. The summed E-state index contributed by atoms with van der Waals surface area (Å²) < 4.78 is 159. The molecule has 0 N–H and O–H groups in total. The standard InChI is InChI=1S/C19H26Si/c1-16(2)20(19(3,4)5,17-12-8-6-9-13-17)18-14-10-7-11-15-18/h6-16H,1-5H3/i3D3,4D3,5D3,6D,7D,8D,9D,10D,11D,12D,13D,14D,15D. The van der Waals surface area contributed by atoms with Crippen LogP contribution in [0, 0.1) is 0 Å². The van der Waals surface area contributed by atoms with Crippen LogP contribution in [0.5, 0.6) is 0 Å². The van der Waals surface area contributed by atoms with Crippen molar-refractivity contribution in [1.29, 1.82) is 0 Å². The Hall–Kier alpha value is -1.34. The first-order valence-corrected chi connectivity index (χ1v) is 8.02. The summed E-state index contributed by atoms with van der Waals surface area (Å²) in [5, 5.41) is -5.88. The van der Waals surface area contributed by atoms with Gasteiger partial charge in [-0.3, -0.25) is 0 Å². The van der Waals surface area contributed by atoms with E-state index >= 15 is 0 Å². The van der Waals surface area contributed by atoms with Crippen LogP contribution in [0.4, 0.5) is 0 Å². The number of rotatable bonds is 3. The lowest BCUT2D eigenvalue weighted by Crippen LogP contribution is -2.66. The van der Waals surface area contributed by atoms with Gasteiger partial charge in [-0.25, -0.2) is 0 Å². The Morgan fingerprint density at radius 2 is 1.25 bits per heavy atom. The van der Waals surface area contributed by atoms with Gasteiger partial charge in [0.15, 0.2) is 0 Å². The summed E-state index contributed by atoms with van der Waals surface area (Å²) in [6.45, 7) is -9.64. The molecule has 0 aliphatic rings. The van der Waals surface area contributed by atoms with Gasteiger partial charge in [0.2, 0.25) is 0 Å². The molecule has 2 rings (SSSR count). The highest BCUT2D eigenvalue weighted by Gasteiger charge is 2.49. The minimum Gasteiger partial charge on any atom is -0.0645 e. The molecule has 0 bridgehead atoms. The maximum atomic E-state index is 8.68. The summed E-state index contributed by atoms with van der Waals surface area (Å²) in [6, 6.07) is -10.5. The molecule has 2 aromatic carbocycles. The first-order valence-electron chi connectivity index (χ1n) is 15.4. The maximum absolute atomic E-state index is 8.68. The normalized spacial score (nSPS) is 28.2. The highest BCUT2D eigenvalue weighted by molar-refractivity contribution is 7.05. The number of hydrogen-bond acceptors (Lipinski definition) is 0. The second-order valence-electron chi connectivity index (χ2n) is 4.71. The van der Waals surface area contributed by atoms with Crippen molar-refractivity contribution in [2.75, 3.05) is 0 Å². The van der Waals surface area contributed by atoms with Gasteiger partial charge < -0.3 is 0 Å². The van der Waals surface area contributed by atoms with Gasteiger partial charge in [0.25, 0.3) is 0 Å². The molecule has 0 saturated heterocycles. The molecular formula is C19H26Si. The Balaban J connectivity index is 3.78. The number of hydrogen-bond donors (Lipinski definition) is 0. The van der Waals surface area contributed by atoms with Crippen molar-refractivity contribution in [3.8, 4) is 0 Å². The molecule has 0 aliphatic heterocycles. The van der Waals surface area contributed by atoms with E-state index in [1.54, 1.807) is 0 Å². The summed E-state index contributed by atoms with van der Waals surface area (Å²) >= 11 is 0. The zero-order valence-electron chi connectivity index (χ0n) is 30.1. The third-order valence-electron chi connectivity index (χ3n) is 3.25. The fraction of sp³-hybridized carbons (Fsp3) is 0.368. The molecule has 20 heavy (non-hydrogen) atoms. The maximum Gasteiger partial charge on any atom is 0.125 e. The summed E-state index contributed by atoms with van der Waals surface area (Å²) in [5.41, 5.74) is -1.51. The van der Waals surface area contributed by atoms with Gasteiger partial charge in [0.1, 0.15) is 8.07 Å². The highest BCUT2D eigenvalue weighted by atomic mass is 28.3. The van der Waals surface area contributed by atoms with Gasteiger partial charge in [-0.2, -0.15) is 0 Å². The van der Waals surface area contributed by atoms with Crippen LogP contribution < -0.4 is 10.4 Å². The van der Waals surface area contributed by atoms with Crippen molar-refractivity contribution in [2.24, 2.45) is 0 Å². The van der Waals surface area contributed by atoms with Gasteiger partial charge in [0.05, 0.1) is 13.7 Å². The highest BCUT2D eigenvalue weighted by Crippen LogP contribution is 2.42. The largest absolute Gasteiger partial charge is 0.125 e. The van der Waals surface area contributed by atoms with Gasteiger partial charge in [-0.1, -0.05) is 105 Å². The Kier molecular flexibility index (Phi) is 1.08. The Morgan fingerprint density at radius 3 is 1.55 bits per heavy atom. The van der Waals surface area contributed by atoms with Gasteiger partial charge in [-0.05, 0) is 10.6 Å². The van der Waals surface area contributed by atoms with E-state index in [0.29, 0.717) is 0 Å². The molecule has 0 heterocycles. The minimum atomic E-state index is -5.74. The summed E-state index contributed by atoms with van der Waals surface area (Å²) in [6.07, 6.45) is 0. The summed E-state index contributed by atoms with van der Waals surface area (Å²) in [4.78, 5) is 0. The SMILES string of the molecule is [2H]c1c([2H])c([2H])c([Si](c2c([2H])c([2H])c([2H])c([2H])c2[2H])(C(C)C)C(C([2H])([2H])[2H])(C([2H])([2H])[2H])C([2H])([2H])[2H])c([2H])c1[2H]. The van der Waals surface area contributed by atoms with Crippen molar-refractivity contribution in [3.05, 3.63) is 60.4 Å². The van der Waals surface area contributed by atoms with E-state index in [-0.39, 0.29) is 0 Å². The average Bonchev–Trinajstić information content (AvgIpc) is 2.75. The first kappa shape index (κ1) is 3.89. The van der Waals surface area contributed by atoms with Crippen LogP contribution in [0.25, 0.3) is 0 Å². The molecule has 0 aromatic heterocycles. The molecule has 106 valence electrons. The Labute approximate surface area is 151 Å². The van der Waals surface area contributed by atoms with E-state index in [1.165, 1.54) is 13.8 Å². The topological polar surface area (TPSA) is 0 Å². The summed E-state index contributed by atoms with van der Waals surface area (Å²) in [5.74, 6) is 0. The molecule has 2 aromatic rings. The fourth-order valence-electron chi connectivity index (χ4n) is 2.40. The second-order valence-corrected chi connectivity index (χ2v) is 9.23. The van der Waals surface area contributed by atoms with Crippen LogP contribution >= 0.6 is 0 Å². The van der Waals surface area contributed by atoms with E-state index in [4.69, 9.17) is 26.0 Å². The van der Waals surface area contributed by atoms with Crippen LogP contribution in [-0.4, -0.2) is 8.07 Å². The molecule has 0 radical (unpaired) electrons. The molecule has 0 atom stereocenters. The molecule has 0 spiro atoms. The van der Waals surface area contributed by atoms with Crippen molar-refractivity contribution in [1.82, 2.24) is 0 Å². The van der Waals surface area contributed by atoms with E-state index in [9.17, 15) is 0 Å². The van der Waals surface area contributed by atoms with E-state index in [0.717, 1.165) is 0 Å². The zero-order valence-corrected chi connectivity index (χ0v) is 12.1. The van der Waals surface area contributed by atoms with Gasteiger partial charge in [-0.15, -0.1) is 0 Å². The van der Waals surface area contributed by atoms with Crippen LogP contribution in [-0.2, 0) is 0 Å². The van der Waals surface area contributed by atoms with Gasteiger partial charge in [0, 0.05) is 12.3 Å². The molecule has 1 heteroatoms. The van der Waals surface area contributed by atoms with Crippen molar-refractivity contribution in [2.45, 2.75) is 45.0 Å². The third-order valence-corrected chi connectivity index (χ3v) is 8.24. The molecular weight excluding hydrogens is 256 g/mol. The molecule has 0 amide bonds. The van der Waals surface area contributed by atoms with E-state index in [1.807, 2.05) is 0 Å². The van der Waals surface area contributed by atoms with Crippen molar-refractivity contribution in [3.63, 3.8) is 0 Å². The molecule has 0 unspecified atom stereocenters. The predicted octanol–water partition coefficient (Wildman–Crippen LogP) is 4.46. The van der Waals surface area contributed by atoms with Crippen molar-refractivity contribution < 1.29 is 26.0 Å². The van der Waals surface area contributed by atoms with Crippen LogP contribution in [0.15, 0.2) is 60.4 Å². The molecule has 0 fully saturated rings. The fourth-order valence-corrected chi connectivity index (χ4v) is 6.46. The van der Waals surface area contributed by atoms with E-state index < -0.39 is 110 Å². The minimum absolute atomic E-state index is 0.941. The molecule has 0 aliphatic carbocycles. The van der Waals surface area contributed by atoms with Crippen molar-refractivity contribution >= 4 is 18.4 Å². The number of benzene rings is 2. The lowest BCUT2D eigenvalue weighted by atomic mass is 10.2. The summed E-state index contributed by atoms with van der Waals surface area (Å²) in [7, 11) is -5.74. The average molecular weight is 302 g/mol. The Bertz CT molecular complexity index is 1140. The lowest BCUT2D eigenvalue weighted by Gasteiger charge is -2.47. The second kappa shape index (κ2) is 5.57. The van der Waals surface area contributed by atoms with Crippen LogP contribution in [0.1, 0.15) is 60.4 Å². The van der Waals surface area contributed by atoms with Crippen LogP contribution in [0.2, 0.25) is 10.6 Å². The van der Waals surface area contributed by atoms with Gasteiger partial charge >= 0.3 is 0 Å². The first-order chi connectivity index (χ1) is 17.3. The monoisotopic (exact) mass is 301 g/mol.